The number of fused-ring (bicyclic) bond motifs is 1. The minimum Gasteiger partial charge on any atom is -0.321 e. The molecule has 5 heteroatoms. The third kappa shape index (κ3) is 2.35. The van der Waals surface area contributed by atoms with Crippen molar-refractivity contribution in [1.29, 1.82) is 0 Å². The molecular weight excluding hydrogens is 270 g/mol. The number of amides is 1. The summed E-state index contributed by atoms with van der Waals surface area (Å²) in [4.78, 5) is 12.2. The monoisotopic (exact) mass is 281 g/mol. The molecule has 0 radical (unpaired) electrons. The minimum absolute atomic E-state index is 0.250. The molecule has 1 aromatic carbocycles. The van der Waals surface area contributed by atoms with Crippen molar-refractivity contribution in [2.45, 2.75) is 6.42 Å². The van der Waals surface area contributed by atoms with E-state index in [9.17, 15) is 4.79 Å². The van der Waals surface area contributed by atoms with Gasteiger partial charge >= 0.3 is 0 Å². The van der Waals surface area contributed by atoms with E-state index in [1.807, 2.05) is 42.5 Å². The number of benzene rings is 1. The molecule has 0 saturated heterocycles. The summed E-state index contributed by atoms with van der Waals surface area (Å²) in [6.07, 6.45) is 6.48. The number of hydrogen-bond acceptors (Lipinski definition) is 4. The van der Waals surface area contributed by atoms with Crippen molar-refractivity contribution < 1.29 is 4.79 Å². The van der Waals surface area contributed by atoms with Gasteiger partial charge < -0.3 is 5.32 Å². The molecule has 0 saturated carbocycles. The summed E-state index contributed by atoms with van der Waals surface area (Å²) in [6, 6.07) is 7.32. The molecular formula is C15H11N3OS. The molecule has 0 aromatic heterocycles. The summed E-state index contributed by atoms with van der Waals surface area (Å²) in [7, 11) is 0. The number of anilines is 1. The SMILES string of the molecule is O=C(Nc1ccc(C=S)cc1)C1=NN=C2CC=CC=C21. The highest BCUT2D eigenvalue weighted by Gasteiger charge is 2.25. The summed E-state index contributed by atoms with van der Waals surface area (Å²) >= 11 is 4.84. The second-order valence-electron chi connectivity index (χ2n) is 4.40. The Hall–Kier alpha value is -2.40. The molecule has 0 unspecified atom stereocenters. The topological polar surface area (TPSA) is 53.8 Å². The van der Waals surface area contributed by atoms with Crippen molar-refractivity contribution in [2.75, 3.05) is 5.32 Å². The number of rotatable bonds is 3. The van der Waals surface area contributed by atoms with Crippen LogP contribution in [0.5, 0.6) is 0 Å². The second kappa shape index (κ2) is 5.30. The van der Waals surface area contributed by atoms with Crippen LogP contribution in [0, 0.1) is 0 Å². The van der Waals surface area contributed by atoms with Gasteiger partial charge in [0.1, 0.15) is 0 Å². The lowest BCUT2D eigenvalue weighted by Gasteiger charge is -2.08. The lowest BCUT2D eigenvalue weighted by atomic mass is 9.98. The van der Waals surface area contributed by atoms with Crippen molar-refractivity contribution in [2.24, 2.45) is 10.2 Å². The van der Waals surface area contributed by atoms with E-state index in [0.29, 0.717) is 11.4 Å². The molecule has 20 heavy (non-hydrogen) atoms. The van der Waals surface area contributed by atoms with Gasteiger partial charge in [0.2, 0.25) is 0 Å². The number of nitrogens with one attached hydrogen (secondary N) is 1. The Morgan fingerprint density at radius 3 is 2.80 bits per heavy atom. The molecule has 1 N–H and O–H groups in total. The van der Waals surface area contributed by atoms with Crippen molar-refractivity contribution in [3.63, 3.8) is 0 Å². The van der Waals surface area contributed by atoms with Gasteiger partial charge in [-0.25, -0.2) is 0 Å². The second-order valence-corrected chi connectivity index (χ2v) is 4.64. The fraction of sp³-hybridized carbons (Fsp3) is 0.0667. The zero-order valence-electron chi connectivity index (χ0n) is 10.5. The van der Waals surface area contributed by atoms with E-state index in [1.54, 1.807) is 5.37 Å². The van der Waals surface area contributed by atoms with Gasteiger partial charge in [-0.05, 0) is 17.7 Å². The molecule has 0 bridgehead atoms. The maximum atomic E-state index is 12.2. The Labute approximate surface area is 121 Å². The largest absolute Gasteiger partial charge is 0.321 e. The number of carbonyl (C=O) groups is 1. The van der Waals surface area contributed by atoms with Gasteiger partial charge in [-0.3, -0.25) is 4.79 Å². The van der Waals surface area contributed by atoms with Crippen LogP contribution in [-0.2, 0) is 4.79 Å². The van der Waals surface area contributed by atoms with Gasteiger partial charge in [-0.15, -0.1) is 5.10 Å². The zero-order valence-corrected chi connectivity index (χ0v) is 11.4. The lowest BCUT2D eigenvalue weighted by Crippen LogP contribution is -2.25. The lowest BCUT2D eigenvalue weighted by molar-refractivity contribution is -0.110. The van der Waals surface area contributed by atoms with E-state index in [0.717, 1.165) is 23.3 Å². The maximum Gasteiger partial charge on any atom is 0.276 e. The number of thiocarbonyl (C=S) groups is 1. The summed E-state index contributed by atoms with van der Waals surface area (Å²) in [5.41, 5.74) is 3.65. The molecule has 1 aliphatic carbocycles. The average Bonchev–Trinajstić information content (AvgIpc) is 2.92. The Balaban J connectivity index is 1.75. The van der Waals surface area contributed by atoms with Crippen molar-refractivity contribution in [3.8, 4) is 0 Å². The molecule has 0 atom stereocenters. The minimum atomic E-state index is -0.250. The molecule has 1 aliphatic heterocycles. The van der Waals surface area contributed by atoms with Crippen LogP contribution in [0.1, 0.15) is 12.0 Å². The molecule has 3 rings (SSSR count). The van der Waals surface area contributed by atoms with E-state index in [1.165, 1.54) is 0 Å². The fourth-order valence-electron chi connectivity index (χ4n) is 2.03. The molecule has 0 fully saturated rings. The Morgan fingerprint density at radius 1 is 1.25 bits per heavy atom. The van der Waals surface area contributed by atoms with Crippen molar-refractivity contribution in [3.05, 3.63) is 53.6 Å². The first kappa shape index (κ1) is 12.6. The predicted octanol–water partition coefficient (Wildman–Crippen LogP) is 2.67. The Morgan fingerprint density at radius 2 is 2.05 bits per heavy atom. The highest BCUT2D eigenvalue weighted by atomic mass is 32.1. The maximum absolute atomic E-state index is 12.2. The van der Waals surface area contributed by atoms with Gasteiger partial charge in [0.05, 0.1) is 5.71 Å². The Bertz CT molecular complexity index is 696. The van der Waals surface area contributed by atoms with Crippen LogP contribution in [0.4, 0.5) is 5.69 Å². The van der Waals surface area contributed by atoms with Gasteiger partial charge in [0, 0.05) is 23.0 Å². The van der Waals surface area contributed by atoms with Gasteiger partial charge in [0.15, 0.2) is 5.71 Å². The van der Waals surface area contributed by atoms with Crippen LogP contribution < -0.4 is 5.32 Å². The van der Waals surface area contributed by atoms with Crippen LogP contribution in [0.15, 0.2) is 58.3 Å². The summed E-state index contributed by atoms with van der Waals surface area (Å²) in [5, 5.41) is 12.4. The van der Waals surface area contributed by atoms with Crippen LogP contribution in [-0.4, -0.2) is 22.7 Å². The van der Waals surface area contributed by atoms with Crippen LogP contribution >= 0.6 is 12.2 Å². The predicted molar refractivity (Wildman–Crippen MR) is 84.5 cm³/mol. The Kier molecular flexibility index (Phi) is 3.35. The smallest absolute Gasteiger partial charge is 0.276 e. The molecule has 98 valence electrons. The summed E-state index contributed by atoms with van der Waals surface area (Å²) < 4.78 is 0. The quantitative estimate of drug-likeness (QED) is 0.866. The molecule has 1 heterocycles. The van der Waals surface area contributed by atoms with Crippen LogP contribution in [0.25, 0.3) is 0 Å². The highest BCUT2D eigenvalue weighted by molar-refractivity contribution is 7.79. The standard InChI is InChI=1S/C15H11N3OS/c19-15(16-11-7-5-10(9-20)6-8-11)14-12-3-1-2-4-13(12)17-18-14/h1-3,5-9H,4H2,(H,16,19). The van der Waals surface area contributed by atoms with Crippen molar-refractivity contribution >= 4 is 40.6 Å². The van der Waals surface area contributed by atoms with E-state index in [4.69, 9.17) is 12.2 Å². The molecule has 1 aromatic rings. The molecule has 4 nitrogen and oxygen atoms in total. The van der Waals surface area contributed by atoms with Gasteiger partial charge in [0.25, 0.3) is 5.91 Å². The molecule has 0 spiro atoms. The van der Waals surface area contributed by atoms with E-state index >= 15 is 0 Å². The number of carbonyl (C=O) groups excluding carboxylic acids is 1. The first-order valence-electron chi connectivity index (χ1n) is 6.16. The number of hydrogen-bond donors (Lipinski definition) is 1. The molecule has 2 aliphatic rings. The van der Waals surface area contributed by atoms with Crippen molar-refractivity contribution in [1.82, 2.24) is 0 Å². The van der Waals surface area contributed by atoms with Gasteiger partial charge in [-0.1, -0.05) is 42.6 Å². The van der Waals surface area contributed by atoms with Crippen LogP contribution in [0.3, 0.4) is 0 Å². The normalized spacial score (nSPS) is 15.9. The van der Waals surface area contributed by atoms with Crippen LogP contribution in [0.2, 0.25) is 0 Å². The van der Waals surface area contributed by atoms with E-state index in [-0.39, 0.29) is 5.91 Å². The zero-order chi connectivity index (χ0) is 13.9. The number of nitrogens with zero attached hydrogens (tertiary/aromatic N) is 2. The van der Waals surface area contributed by atoms with Gasteiger partial charge in [-0.2, -0.15) is 5.10 Å². The third-order valence-corrected chi connectivity index (χ3v) is 3.34. The average molecular weight is 281 g/mol. The highest BCUT2D eigenvalue weighted by Crippen LogP contribution is 2.19. The summed E-state index contributed by atoms with van der Waals surface area (Å²) in [5.74, 6) is -0.250. The first-order valence-corrected chi connectivity index (χ1v) is 6.64. The van der Waals surface area contributed by atoms with E-state index < -0.39 is 0 Å². The molecule has 1 amide bonds. The number of allylic oxidation sites excluding steroid dienone is 3. The third-order valence-electron chi connectivity index (χ3n) is 3.07. The summed E-state index contributed by atoms with van der Waals surface area (Å²) in [6.45, 7) is 0. The van der Waals surface area contributed by atoms with E-state index in [2.05, 4.69) is 15.5 Å². The fourth-order valence-corrected chi connectivity index (χ4v) is 2.18. The first-order chi connectivity index (χ1) is 9.78.